The molecule has 124 valence electrons. The van der Waals surface area contributed by atoms with Gasteiger partial charge in [0.25, 0.3) is 0 Å². The number of nitrogens with zero attached hydrogens (tertiary/aromatic N) is 2. The van der Waals surface area contributed by atoms with Crippen LogP contribution in [0.5, 0.6) is 0 Å². The lowest BCUT2D eigenvalue weighted by molar-refractivity contribution is 0.0691. The van der Waals surface area contributed by atoms with Crippen LogP contribution in [0, 0.1) is 0 Å². The molecule has 2 N–H and O–H groups in total. The largest absolute Gasteiger partial charge is 0.476 e. The number of para-hydroxylation sites is 1. The Bertz CT molecular complexity index is 963. The Morgan fingerprint density at radius 2 is 1.83 bits per heavy atom. The zero-order valence-electron chi connectivity index (χ0n) is 11.4. The summed E-state index contributed by atoms with van der Waals surface area (Å²) < 4.78 is 56.7. The van der Waals surface area contributed by atoms with Crippen LogP contribution in [-0.4, -0.2) is 43.7 Å². The SMILES string of the molecule is CS(=O)(=O)c1ccccc1N(c1nc(C(=O)O)cs1)S(=O)(=O)O. The van der Waals surface area contributed by atoms with Gasteiger partial charge in [0.15, 0.2) is 15.5 Å². The van der Waals surface area contributed by atoms with Crippen LogP contribution in [0.1, 0.15) is 10.5 Å². The number of sulfone groups is 1. The van der Waals surface area contributed by atoms with Crippen molar-refractivity contribution in [2.75, 3.05) is 10.6 Å². The number of rotatable bonds is 5. The molecule has 0 radical (unpaired) electrons. The number of hydrogen-bond acceptors (Lipinski definition) is 7. The van der Waals surface area contributed by atoms with Crippen molar-refractivity contribution >= 4 is 48.3 Å². The van der Waals surface area contributed by atoms with Crippen LogP contribution in [0.3, 0.4) is 0 Å². The van der Waals surface area contributed by atoms with E-state index in [0.29, 0.717) is 11.3 Å². The molecule has 0 saturated carbocycles. The van der Waals surface area contributed by atoms with Crippen molar-refractivity contribution in [3.05, 3.63) is 35.3 Å². The molecule has 0 fully saturated rings. The molecule has 12 heteroatoms. The second kappa shape index (κ2) is 5.88. The number of aromatic nitrogens is 1. The average molecular weight is 378 g/mol. The molecule has 0 amide bonds. The molecule has 2 aromatic rings. The number of thiazole rings is 1. The molecular formula is C11H10N2O7S3. The van der Waals surface area contributed by atoms with Gasteiger partial charge in [-0.05, 0) is 12.1 Å². The van der Waals surface area contributed by atoms with Gasteiger partial charge >= 0.3 is 16.3 Å². The van der Waals surface area contributed by atoms with E-state index < -0.39 is 36.9 Å². The molecule has 2 rings (SSSR count). The van der Waals surface area contributed by atoms with E-state index in [1.807, 2.05) is 0 Å². The lowest BCUT2D eigenvalue weighted by atomic mass is 10.3. The second-order valence-electron chi connectivity index (χ2n) is 4.30. The molecule has 0 atom stereocenters. The number of anilines is 2. The summed E-state index contributed by atoms with van der Waals surface area (Å²) in [7, 11) is -8.76. The lowest BCUT2D eigenvalue weighted by Crippen LogP contribution is -2.26. The molecule has 23 heavy (non-hydrogen) atoms. The highest BCUT2D eigenvalue weighted by Gasteiger charge is 2.30. The number of carboxylic acid groups (broad SMARTS) is 1. The van der Waals surface area contributed by atoms with Crippen molar-refractivity contribution in [1.29, 1.82) is 0 Å². The van der Waals surface area contributed by atoms with Gasteiger partial charge in [0.1, 0.15) is 0 Å². The maximum atomic E-state index is 11.8. The molecule has 0 bridgehead atoms. The minimum Gasteiger partial charge on any atom is -0.476 e. The van der Waals surface area contributed by atoms with Crippen molar-refractivity contribution in [1.82, 2.24) is 4.98 Å². The summed E-state index contributed by atoms with van der Waals surface area (Å²) in [5, 5.41) is 9.52. The Hall–Kier alpha value is -2.02. The van der Waals surface area contributed by atoms with E-state index in [1.54, 1.807) is 0 Å². The quantitative estimate of drug-likeness (QED) is 0.739. The summed E-state index contributed by atoms with van der Waals surface area (Å²) in [6.07, 6.45) is 0.874. The van der Waals surface area contributed by atoms with E-state index in [4.69, 9.17) is 5.11 Å². The smallest absolute Gasteiger partial charge is 0.366 e. The van der Waals surface area contributed by atoms with E-state index >= 15 is 0 Å². The molecule has 1 aromatic heterocycles. The normalized spacial score (nSPS) is 12.1. The summed E-state index contributed by atoms with van der Waals surface area (Å²) in [5.74, 6) is -1.39. The van der Waals surface area contributed by atoms with Gasteiger partial charge in [-0.3, -0.25) is 4.55 Å². The van der Waals surface area contributed by atoms with Crippen molar-refractivity contribution in [3.63, 3.8) is 0 Å². The molecule has 0 aliphatic carbocycles. The molecule has 0 saturated heterocycles. The van der Waals surface area contributed by atoms with Crippen molar-refractivity contribution in [2.45, 2.75) is 4.90 Å². The van der Waals surface area contributed by atoms with Crippen LogP contribution >= 0.6 is 11.3 Å². The average Bonchev–Trinajstić information content (AvgIpc) is 2.86. The van der Waals surface area contributed by atoms with Gasteiger partial charge in [-0.25, -0.2) is 18.2 Å². The number of hydrogen-bond donors (Lipinski definition) is 2. The molecule has 1 aromatic carbocycles. The van der Waals surface area contributed by atoms with Crippen molar-refractivity contribution in [2.24, 2.45) is 0 Å². The Balaban J connectivity index is 2.74. The third-order valence-corrected chi connectivity index (χ3v) is 5.52. The number of carbonyl (C=O) groups is 1. The van der Waals surface area contributed by atoms with Gasteiger partial charge in [-0.1, -0.05) is 12.1 Å². The molecule has 0 spiro atoms. The highest BCUT2D eigenvalue weighted by atomic mass is 32.2. The van der Waals surface area contributed by atoms with Crippen LogP contribution in [0.25, 0.3) is 0 Å². The molecule has 0 aliphatic heterocycles. The van der Waals surface area contributed by atoms with E-state index in [9.17, 15) is 26.2 Å². The van der Waals surface area contributed by atoms with Gasteiger partial charge < -0.3 is 5.11 Å². The predicted octanol–water partition coefficient (Wildman–Crippen LogP) is 1.19. The summed E-state index contributed by atoms with van der Waals surface area (Å²) in [5.41, 5.74) is -0.792. The molecule has 9 nitrogen and oxygen atoms in total. The molecule has 0 aliphatic rings. The van der Waals surface area contributed by atoms with E-state index in [1.165, 1.54) is 12.1 Å². The van der Waals surface area contributed by atoms with Gasteiger partial charge in [-0.2, -0.15) is 12.7 Å². The minimum absolute atomic E-state index is 0.278. The number of benzene rings is 1. The molecule has 1 heterocycles. The maximum Gasteiger partial charge on any atom is 0.366 e. The third kappa shape index (κ3) is 3.67. The first kappa shape index (κ1) is 17.3. The Morgan fingerprint density at radius 1 is 1.22 bits per heavy atom. The number of carboxylic acids is 1. The van der Waals surface area contributed by atoms with Gasteiger partial charge in [-0.15, -0.1) is 11.3 Å². The van der Waals surface area contributed by atoms with E-state index in [2.05, 4.69) is 4.98 Å². The van der Waals surface area contributed by atoms with Crippen LogP contribution in [-0.2, 0) is 20.1 Å². The van der Waals surface area contributed by atoms with E-state index in [0.717, 1.165) is 23.8 Å². The lowest BCUT2D eigenvalue weighted by Gasteiger charge is -2.20. The Morgan fingerprint density at radius 3 is 2.30 bits per heavy atom. The summed E-state index contributed by atoms with van der Waals surface area (Å²) >= 11 is 0.627. The van der Waals surface area contributed by atoms with Gasteiger partial charge in [0.05, 0.1) is 10.6 Å². The molecular weight excluding hydrogens is 368 g/mol. The van der Waals surface area contributed by atoms with Crippen LogP contribution in [0.2, 0.25) is 0 Å². The summed E-state index contributed by atoms with van der Waals surface area (Å²) in [6, 6.07) is 5.07. The molecule has 0 unspecified atom stereocenters. The standard InChI is InChI=1S/C11H10N2O7S3/c1-22(16,17)9-5-3-2-4-8(9)13(23(18,19)20)11-12-7(6-21-11)10(14)15/h2-6H,1H3,(H,14,15)(H,18,19,20). The maximum absolute atomic E-state index is 11.8. The first-order valence-electron chi connectivity index (χ1n) is 5.77. The highest BCUT2D eigenvalue weighted by Crippen LogP contribution is 2.35. The number of aromatic carboxylic acids is 1. The fraction of sp³-hybridized carbons (Fsp3) is 0.0909. The second-order valence-corrected chi connectivity index (χ2v) is 8.38. The predicted molar refractivity (Wildman–Crippen MR) is 82.3 cm³/mol. The monoisotopic (exact) mass is 378 g/mol. The van der Waals surface area contributed by atoms with E-state index in [-0.39, 0.29) is 14.9 Å². The van der Waals surface area contributed by atoms with Crippen LogP contribution < -0.4 is 4.31 Å². The zero-order valence-corrected chi connectivity index (χ0v) is 13.9. The minimum atomic E-state index is -4.94. The van der Waals surface area contributed by atoms with Gasteiger partial charge in [0, 0.05) is 11.6 Å². The van der Waals surface area contributed by atoms with Crippen molar-refractivity contribution in [3.8, 4) is 0 Å². The van der Waals surface area contributed by atoms with Crippen LogP contribution in [0.4, 0.5) is 10.8 Å². The topological polar surface area (TPSA) is 142 Å². The Kier molecular flexibility index (Phi) is 4.43. The first-order valence-corrected chi connectivity index (χ1v) is 9.94. The van der Waals surface area contributed by atoms with Crippen molar-refractivity contribution < 1.29 is 31.3 Å². The fourth-order valence-corrected chi connectivity index (χ4v) is 4.42. The summed E-state index contributed by atoms with van der Waals surface area (Å²) in [4.78, 5) is 14.1. The summed E-state index contributed by atoms with van der Waals surface area (Å²) in [6.45, 7) is 0. The highest BCUT2D eigenvalue weighted by molar-refractivity contribution is 7.91. The fourth-order valence-electron chi connectivity index (χ4n) is 1.72. The third-order valence-electron chi connectivity index (χ3n) is 2.60. The Labute approximate surface area is 135 Å². The zero-order chi connectivity index (χ0) is 17.4. The van der Waals surface area contributed by atoms with Crippen LogP contribution in [0.15, 0.2) is 34.5 Å². The van der Waals surface area contributed by atoms with Gasteiger partial charge in [0.2, 0.25) is 5.13 Å². The first-order chi connectivity index (χ1) is 10.5.